The van der Waals surface area contributed by atoms with Gasteiger partial charge in [0.1, 0.15) is 11.5 Å². The van der Waals surface area contributed by atoms with Gasteiger partial charge in [-0.3, -0.25) is 4.79 Å². The fraction of sp³-hybridized carbons (Fsp3) is 0.286. The van der Waals surface area contributed by atoms with Crippen molar-refractivity contribution in [2.45, 2.75) is 13.3 Å². The van der Waals surface area contributed by atoms with Gasteiger partial charge >= 0.3 is 5.91 Å². The number of hydrogen-bond donors (Lipinski definition) is 1. The Labute approximate surface area is 111 Å². The van der Waals surface area contributed by atoms with E-state index in [1.165, 1.54) is 6.20 Å². The average Bonchev–Trinajstić information content (AvgIpc) is 2.86. The molecule has 1 aromatic carbocycles. The highest BCUT2D eigenvalue weighted by molar-refractivity contribution is 5.89. The molecule has 0 saturated carbocycles. The highest BCUT2D eigenvalue weighted by atomic mass is 16.5. The number of rotatable bonds is 5. The van der Waals surface area contributed by atoms with Gasteiger partial charge in [0, 0.05) is 6.54 Å². The lowest BCUT2D eigenvalue weighted by Crippen LogP contribution is -2.25. The predicted octanol–water partition coefficient (Wildman–Crippen LogP) is 1.96. The van der Waals surface area contributed by atoms with E-state index in [-0.39, 0.29) is 11.8 Å². The molecule has 0 aliphatic heterocycles. The Morgan fingerprint density at radius 1 is 1.47 bits per heavy atom. The van der Waals surface area contributed by atoms with Crippen molar-refractivity contribution in [3.05, 3.63) is 47.7 Å². The smallest absolute Gasteiger partial charge is 0.307 e. The predicted molar refractivity (Wildman–Crippen MR) is 70.3 cm³/mol. The van der Waals surface area contributed by atoms with Crippen LogP contribution in [0.1, 0.15) is 22.0 Å². The third-order valence-corrected chi connectivity index (χ3v) is 2.65. The zero-order valence-electron chi connectivity index (χ0n) is 11.0. The molecule has 19 heavy (non-hydrogen) atoms. The lowest BCUT2D eigenvalue weighted by molar-refractivity contribution is 0.0918. The van der Waals surface area contributed by atoms with Crippen molar-refractivity contribution < 1.29 is 13.9 Å². The van der Waals surface area contributed by atoms with Crippen LogP contribution in [0.4, 0.5) is 0 Å². The summed E-state index contributed by atoms with van der Waals surface area (Å²) in [4.78, 5) is 15.5. The fourth-order valence-electron chi connectivity index (χ4n) is 1.68. The molecule has 0 bridgehead atoms. The van der Waals surface area contributed by atoms with Crippen LogP contribution in [0.25, 0.3) is 0 Å². The van der Waals surface area contributed by atoms with Crippen LogP contribution in [-0.2, 0) is 6.42 Å². The minimum absolute atomic E-state index is 0.100. The molecule has 0 fully saturated rings. The molecule has 0 saturated heterocycles. The molecule has 0 spiro atoms. The van der Waals surface area contributed by atoms with E-state index in [0.29, 0.717) is 12.3 Å². The first-order valence-corrected chi connectivity index (χ1v) is 6.02. The van der Waals surface area contributed by atoms with E-state index in [9.17, 15) is 4.79 Å². The Morgan fingerprint density at radius 2 is 2.32 bits per heavy atom. The minimum Gasteiger partial charge on any atom is -0.497 e. The second kappa shape index (κ2) is 6.04. The SMILES string of the molecule is COc1cccc(CCNC(=O)c2ncc(C)o2)c1. The third kappa shape index (κ3) is 3.58. The van der Waals surface area contributed by atoms with E-state index in [0.717, 1.165) is 17.7 Å². The van der Waals surface area contributed by atoms with Gasteiger partial charge in [-0.2, -0.15) is 0 Å². The molecule has 1 N–H and O–H groups in total. The van der Waals surface area contributed by atoms with Gasteiger partial charge in [0.2, 0.25) is 0 Å². The van der Waals surface area contributed by atoms with Crippen molar-refractivity contribution in [2.75, 3.05) is 13.7 Å². The van der Waals surface area contributed by atoms with E-state index in [1.54, 1.807) is 14.0 Å². The number of ether oxygens (including phenoxy) is 1. The summed E-state index contributed by atoms with van der Waals surface area (Å²) in [5.41, 5.74) is 1.10. The second-order valence-corrected chi connectivity index (χ2v) is 4.13. The molecule has 0 atom stereocenters. The Balaban J connectivity index is 1.84. The van der Waals surface area contributed by atoms with E-state index in [4.69, 9.17) is 9.15 Å². The molecule has 1 heterocycles. The number of benzene rings is 1. The molecule has 2 rings (SSSR count). The number of carbonyl (C=O) groups excluding carboxylic acids is 1. The van der Waals surface area contributed by atoms with Gasteiger partial charge < -0.3 is 14.5 Å². The number of aromatic nitrogens is 1. The number of methoxy groups -OCH3 is 1. The summed E-state index contributed by atoms with van der Waals surface area (Å²) in [7, 11) is 1.63. The number of nitrogens with one attached hydrogen (secondary N) is 1. The van der Waals surface area contributed by atoms with Crippen molar-refractivity contribution >= 4 is 5.91 Å². The van der Waals surface area contributed by atoms with Crippen molar-refractivity contribution in [1.82, 2.24) is 10.3 Å². The zero-order chi connectivity index (χ0) is 13.7. The van der Waals surface area contributed by atoms with E-state index >= 15 is 0 Å². The zero-order valence-corrected chi connectivity index (χ0v) is 11.0. The van der Waals surface area contributed by atoms with Gasteiger partial charge in [-0.25, -0.2) is 4.98 Å². The van der Waals surface area contributed by atoms with Gasteiger partial charge in [0.05, 0.1) is 13.3 Å². The number of hydrogen-bond acceptors (Lipinski definition) is 4. The normalized spacial score (nSPS) is 10.2. The third-order valence-electron chi connectivity index (χ3n) is 2.65. The molecule has 5 heteroatoms. The fourth-order valence-corrected chi connectivity index (χ4v) is 1.68. The molecule has 0 radical (unpaired) electrons. The van der Waals surface area contributed by atoms with Crippen LogP contribution in [0, 0.1) is 6.92 Å². The van der Waals surface area contributed by atoms with E-state index in [1.807, 2.05) is 24.3 Å². The molecule has 1 aromatic heterocycles. The highest BCUT2D eigenvalue weighted by Crippen LogP contribution is 2.12. The summed E-state index contributed by atoms with van der Waals surface area (Å²) < 4.78 is 10.3. The van der Waals surface area contributed by atoms with Gasteiger partial charge in [-0.1, -0.05) is 12.1 Å². The number of oxazole rings is 1. The average molecular weight is 260 g/mol. The summed E-state index contributed by atoms with van der Waals surface area (Å²) in [5, 5.41) is 2.76. The highest BCUT2D eigenvalue weighted by Gasteiger charge is 2.10. The van der Waals surface area contributed by atoms with E-state index < -0.39 is 0 Å². The molecular weight excluding hydrogens is 244 g/mol. The molecule has 0 unspecified atom stereocenters. The number of amides is 1. The van der Waals surface area contributed by atoms with E-state index in [2.05, 4.69) is 10.3 Å². The minimum atomic E-state index is -0.295. The number of nitrogens with zero attached hydrogens (tertiary/aromatic N) is 1. The largest absolute Gasteiger partial charge is 0.497 e. The molecule has 1 amide bonds. The lowest BCUT2D eigenvalue weighted by Gasteiger charge is -2.05. The molecule has 2 aromatic rings. The molecule has 0 aliphatic rings. The topological polar surface area (TPSA) is 64.4 Å². The summed E-state index contributed by atoms with van der Waals surface area (Å²) in [5.74, 6) is 1.24. The quantitative estimate of drug-likeness (QED) is 0.892. The van der Waals surface area contributed by atoms with Crippen LogP contribution in [0.2, 0.25) is 0 Å². The summed E-state index contributed by atoms with van der Waals surface area (Å²) in [6.07, 6.45) is 2.25. The lowest BCUT2D eigenvalue weighted by atomic mass is 10.1. The molecular formula is C14H16N2O3. The van der Waals surface area contributed by atoms with Gasteiger partial charge in [-0.05, 0) is 31.0 Å². The summed E-state index contributed by atoms with van der Waals surface area (Å²) in [6.45, 7) is 2.27. The maximum absolute atomic E-state index is 11.7. The van der Waals surface area contributed by atoms with Crippen molar-refractivity contribution in [2.24, 2.45) is 0 Å². The first kappa shape index (κ1) is 13.1. The standard InChI is InChI=1S/C14H16N2O3/c1-10-9-16-14(19-10)13(17)15-7-6-11-4-3-5-12(8-11)18-2/h3-5,8-9H,6-7H2,1-2H3,(H,15,17). The van der Waals surface area contributed by atoms with Crippen LogP contribution in [-0.4, -0.2) is 24.5 Å². The molecule has 5 nitrogen and oxygen atoms in total. The Hall–Kier alpha value is -2.30. The Bertz CT molecular complexity index is 563. The van der Waals surface area contributed by atoms with Gasteiger partial charge in [-0.15, -0.1) is 0 Å². The van der Waals surface area contributed by atoms with Gasteiger partial charge in [0.15, 0.2) is 0 Å². The number of carbonyl (C=O) groups is 1. The number of aryl methyl sites for hydroxylation is 1. The van der Waals surface area contributed by atoms with Crippen LogP contribution >= 0.6 is 0 Å². The Kier molecular flexibility index (Phi) is 4.18. The summed E-state index contributed by atoms with van der Waals surface area (Å²) in [6, 6.07) is 7.75. The van der Waals surface area contributed by atoms with Crippen LogP contribution < -0.4 is 10.1 Å². The maximum Gasteiger partial charge on any atom is 0.307 e. The second-order valence-electron chi connectivity index (χ2n) is 4.13. The first-order valence-electron chi connectivity index (χ1n) is 6.02. The molecule has 0 aliphatic carbocycles. The first-order chi connectivity index (χ1) is 9.19. The van der Waals surface area contributed by atoms with Crippen molar-refractivity contribution in [1.29, 1.82) is 0 Å². The monoisotopic (exact) mass is 260 g/mol. The summed E-state index contributed by atoms with van der Waals surface area (Å²) >= 11 is 0. The van der Waals surface area contributed by atoms with Crippen LogP contribution in [0.5, 0.6) is 5.75 Å². The molecule has 100 valence electrons. The van der Waals surface area contributed by atoms with Crippen LogP contribution in [0.3, 0.4) is 0 Å². The Morgan fingerprint density at radius 3 is 3.00 bits per heavy atom. The van der Waals surface area contributed by atoms with Gasteiger partial charge in [0.25, 0.3) is 5.89 Å². The van der Waals surface area contributed by atoms with Crippen molar-refractivity contribution in [3.63, 3.8) is 0 Å². The van der Waals surface area contributed by atoms with Crippen molar-refractivity contribution in [3.8, 4) is 5.75 Å². The maximum atomic E-state index is 11.7. The van der Waals surface area contributed by atoms with Crippen LogP contribution in [0.15, 0.2) is 34.9 Å².